The standard InChI is InChI=1S/C12H10O4/c1-2-15-11-9(7-13)8-5-3-4-6-10(8)16-12(11)14/h3-6,11H,2H2,1H3. The zero-order valence-corrected chi connectivity index (χ0v) is 8.73. The van der Waals surface area contributed by atoms with Gasteiger partial charge in [0.15, 0.2) is 6.10 Å². The van der Waals surface area contributed by atoms with E-state index in [2.05, 4.69) is 0 Å². The number of benzene rings is 1. The van der Waals surface area contributed by atoms with Crippen LogP contribution in [-0.4, -0.2) is 24.6 Å². The van der Waals surface area contributed by atoms with Crippen molar-refractivity contribution in [3.8, 4) is 5.75 Å². The van der Waals surface area contributed by atoms with E-state index < -0.39 is 12.1 Å². The number of ether oxygens (including phenoxy) is 2. The topological polar surface area (TPSA) is 52.6 Å². The highest BCUT2D eigenvalue weighted by molar-refractivity contribution is 6.05. The number of hydrogen-bond donors (Lipinski definition) is 0. The molecule has 0 aliphatic carbocycles. The Labute approximate surface area is 92.5 Å². The fourth-order valence-corrected chi connectivity index (χ4v) is 1.63. The largest absolute Gasteiger partial charge is 0.424 e. The third kappa shape index (κ3) is 1.65. The van der Waals surface area contributed by atoms with Crippen molar-refractivity contribution >= 4 is 17.5 Å². The molecule has 1 aliphatic rings. The first-order chi connectivity index (χ1) is 7.77. The second-order valence-corrected chi connectivity index (χ2v) is 3.27. The van der Waals surface area contributed by atoms with Crippen molar-refractivity contribution in [2.45, 2.75) is 13.0 Å². The van der Waals surface area contributed by atoms with Gasteiger partial charge in [-0.2, -0.15) is 0 Å². The third-order valence-corrected chi connectivity index (χ3v) is 2.31. The number of carbonyl (C=O) groups is 1. The molecule has 1 unspecified atom stereocenters. The summed E-state index contributed by atoms with van der Waals surface area (Å²) in [5.74, 6) is 1.57. The molecule has 4 nitrogen and oxygen atoms in total. The highest BCUT2D eigenvalue weighted by Crippen LogP contribution is 2.32. The molecule has 0 N–H and O–H groups in total. The van der Waals surface area contributed by atoms with Crippen LogP contribution in [0.4, 0.5) is 0 Å². The van der Waals surface area contributed by atoms with Crippen LogP contribution >= 0.6 is 0 Å². The molecule has 0 fully saturated rings. The van der Waals surface area contributed by atoms with Crippen LogP contribution in [-0.2, 0) is 14.3 Å². The molecule has 2 rings (SSSR count). The molecule has 82 valence electrons. The molecule has 0 bridgehead atoms. The minimum Gasteiger partial charge on any atom is -0.424 e. The van der Waals surface area contributed by atoms with Crippen molar-refractivity contribution in [2.24, 2.45) is 0 Å². The van der Waals surface area contributed by atoms with Crippen LogP contribution in [0.15, 0.2) is 24.3 Å². The lowest BCUT2D eigenvalue weighted by atomic mass is 9.98. The van der Waals surface area contributed by atoms with Crippen molar-refractivity contribution in [3.63, 3.8) is 0 Å². The minimum absolute atomic E-state index is 0.203. The Morgan fingerprint density at radius 3 is 2.88 bits per heavy atom. The smallest absolute Gasteiger partial charge is 0.346 e. The molecule has 1 atom stereocenters. The molecule has 0 spiro atoms. The number of esters is 1. The summed E-state index contributed by atoms with van der Waals surface area (Å²) in [6.45, 7) is 2.07. The van der Waals surface area contributed by atoms with Crippen molar-refractivity contribution < 1.29 is 19.1 Å². The Morgan fingerprint density at radius 1 is 1.44 bits per heavy atom. The quantitative estimate of drug-likeness (QED) is 0.425. The Balaban J connectivity index is 2.50. The van der Waals surface area contributed by atoms with Gasteiger partial charge in [0.05, 0.1) is 5.57 Å². The first-order valence-electron chi connectivity index (χ1n) is 4.95. The number of rotatable bonds is 2. The van der Waals surface area contributed by atoms with Gasteiger partial charge in [0, 0.05) is 12.2 Å². The molecule has 4 heteroatoms. The van der Waals surface area contributed by atoms with E-state index in [0.717, 1.165) is 0 Å². The van der Waals surface area contributed by atoms with Gasteiger partial charge < -0.3 is 9.47 Å². The maximum Gasteiger partial charge on any atom is 0.346 e. The van der Waals surface area contributed by atoms with E-state index in [4.69, 9.17) is 9.47 Å². The van der Waals surface area contributed by atoms with Gasteiger partial charge in [-0.05, 0) is 13.0 Å². The molecule has 0 aromatic heterocycles. The molecular formula is C12H10O4. The Morgan fingerprint density at radius 2 is 2.19 bits per heavy atom. The van der Waals surface area contributed by atoms with Crippen LogP contribution in [0.1, 0.15) is 12.5 Å². The van der Waals surface area contributed by atoms with Gasteiger partial charge in [-0.3, -0.25) is 0 Å². The number of para-hydroxylation sites is 1. The molecule has 1 heterocycles. The molecule has 0 saturated carbocycles. The van der Waals surface area contributed by atoms with Gasteiger partial charge in [0.1, 0.15) is 11.7 Å². The second kappa shape index (κ2) is 4.31. The number of hydrogen-bond acceptors (Lipinski definition) is 4. The zero-order chi connectivity index (χ0) is 11.5. The maximum absolute atomic E-state index is 11.6. The van der Waals surface area contributed by atoms with E-state index in [9.17, 15) is 9.59 Å². The fraction of sp³-hybridized carbons (Fsp3) is 0.250. The molecule has 0 radical (unpaired) electrons. The van der Waals surface area contributed by atoms with Gasteiger partial charge in [0.2, 0.25) is 0 Å². The van der Waals surface area contributed by atoms with Crippen LogP contribution in [0.5, 0.6) is 5.75 Å². The SMILES string of the molecule is CCOC1C(=O)Oc2ccccc2C1=C=O. The Kier molecular flexibility index (Phi) is 2.86. The summed E-state index contributed by atoms with van der Waals surface area (Å²) in [7, 11) is 0. The summed E-state index contributed by atoms with van der Waals surface area (Å²) in [5.41, 5.74) is 0.768. The average molecular weight is 218 g/mol. The van der Waals surface area contributed by atoms with E-state index >= 15 is 0 Å². The van der Waals surface area contributed by atoms with Crippen molar-refractivity contribution in [3.05, 3.63) is 29.8 Å². The predicted molar refractivity (Wildman–Crippen MR) is 56.6 cm³/mol. The van der Waals surface area contributed by atoms with Crippen LogP contribution < -0.4 is 4.74 Å². The van der Waals surface area contributed by atoms with E-state index in [1.54, 1.807) is 37.1 Å². The fourth-order valence-electron chi connectivity index (χ4n) is 1.63. The monoisotopic (exact) mass is 218 g/mol. The van der Waals surface area contributed by atoms with Crippen molar-refractivity contribution in [1.82, 2.24) is 0 Å². The van der Waals surface area contributed by atoms with E-state index in [-0.39, 0.29) is 5.57 Å². The van der Waals surface area contributed by atoms with Gasteiger partial charge in [-0.1, -0.05) is 18.2 Å². The van der Waals surface area contributed by atoms with Crippen molar-refractivity contribution in [2.75, 3.05) is 6.61 Å². The van der Waals surface area contributed by atoms with E-state index in [1.165, 1.54) is 0 Å². The van der Waals surface area contributed by atoms with E-state index in [1.807, 2.05) is 0 Å². The Hall–Kier alpha value is -1.90. The summed E-state index contributed by atoms with van der Waals surface area (Å²) in [6, 6.07) is 6.83. The average Bonchev–Trinajstić information content (AvgIpc) is 2.30. The highest BCUT2D eigenvalue weighted by atomic mass is 16.6. The molecule has 1 aromatic rings. The highest BCUT2D eigenvalue weighted by Gasteiger charge is 2.34. The summed E-state index contributed by atoms with van der Waals surface area (Å²) in [6.07, 6.45) is -0.961. The Bertz CT molecular complexity index is 472. The summed E-state index contributed by atoms with van der Waals surface area (Å²) < 4.78 is 10.2. The van der Waals surface area contributed by atoms with Crippen LogP contribution in [0, 0.1) is 0 Å². The first kappa shape index (κ1) is 10.6. The molecular weight excluding hydrogens is 208 g/mol. The normalized spacial score (nSPS) is 18.7. The lowest BCUT2D eigenvalue weighted by molar-refractivity contribution is -0.144. The van der Waals surface area contributed by atoms with Gasteiger partial charge in [-0.25, -0.2) is 9.59 Å². The van der Waals surface area contributed by atoms with Crippen LogP contribution in [0.25, 0.3) is 5.57 Å². The zero-order valence-electron chi connectivity index (χ0n) is 8.73. The molecule has 16 heavy (non-hydrogen) atoms. The lowest BCUT2D eigenvalue weighted by Crippen LogP contribution is -2.34. The number of fused-ring (bicyclic) bond motifs is 1. The molecule has 1 aliphatic heterocycles. The lowest BCUT2D eigenvalue weighted by Gasteiger charge is -2.23. The van der Waals surface area contributed by atoms with Crippen molar-refractivity contribution in [1.29, 1.82) is 0 Å². The molecule has 0 amide bonds. The first-order valence-corrected chi connectivity index (χ1v) is 4.95. The minimum atomic E-state index is -0.961. The summed E-state index contributed by atoms with van der Waals surface area (Å²) >= 11 is 0. The van der Waals surface area contributed by atoms with Gasteiger partial charge in [0.25, 0.3) is 0 Å². The van der Waals surface area contributed by atoms with Crippen LogP contribution in [0.2, 0.25) is 0 Å². The van der Waals surface area contributed by atoms with Gasteiger partial charge >= 0.3 is 5.97 Å². The molecule has 0 saturated heterocycles. The summed E-state index contributed by atoms with van der Waals surface area (Å²) in [5, 5.41) is 0. The second-order valence-electron chi connectivity index (χ2n) is 3.27. The van der Waals surface area contributed by atoms with E-state index in [0.29, 0.717) is 17.9 Å². The van der Waals surface area contributed by atoms with Crippen LogP contribution in [0.3, 0.4) is 0 Å². The molecule has 1 aromatic carbocycles. The number of carbonyl (C=O) groups excluding carboxylic acids is 2. The maximum atomic E-state index is 11.6. The van der Waals surface area contributed by atoms with Gasteiger partial charge in [-0.15, -0.1) is 0 Å². The summed E-state index contributed by atoms with van der Waals surface area (Å²) in [4.78, 5) is 22.5. The third-order valence-electron chi connectivity index (χ3n) is 2.31. The predicted octanol–water partition coefficient (Wildman–Crippen LogP) is 1.23.